The fourth-order valence-electron chi connectivity index (χ4n) is 2.67. The molecule has 0 fully saturated rings. The molecule has 1 aromatic heterocycles. The molecule has 0 unspecified atom stereocenters. The lowest BCUT2D eigenvalue weighted by atomic mass is 9.98. The molecule has 0 radical (unpaired) electrons. The fraction of sp³-hybridized carbons (Fsp3) is 0.250. The molecule has 1 aliphatic rings. The van der Waals surface area contributed by atoms with Gasteiger partial charge in [-0.15, -0.1) is 12.4 Å². The van der Waals surface area contributed by atoms with Gasteiger partial charge in [0.05, 0.1) is 6.54 Å². The predicted molar refractivity (Wildman–Crippen MR) is 102 cm³/mol. The van der Waals surface area contributed by atoms with Crippen LogP contribution in [-0.4, -0.2) is 42.7 Å². The third-order valence-electron chi connectivity index (χ3n) is 4.13. The Labute approximate surface area is 158 Å². The average Bonchev–Trinajstić information content (AvgIpc) is 2.55. The average molecular weight is 398 g/mol. The minimum atomic E-state index is -3.71. The molecule has 0 saturated heterocycles. The van der Waals surface area contributed by atoms with Gasteiger partial charge < -0.3 is 4.90 Å². The highest BCUT2D eigenvalue weighted by atomic mass is 35.5. The summed E-state index contributed by atoms with van der Waals surface area (Å²) in [4.78, 5) is 17.6. The highest BCUT2D eigenvalue weighted by molar-refractivity contribution is 7.86. The predicted octanol–water partition coefficient (Wildman–Crippen LogP) is 1.78. The summed E-state index contributed by atoms with van der Waals surface area (Å²) in [5.41, 5.74) is 3.71. The summed E-state index contributed by atoms with van der Waals surface area (Å²) in [6.45, 7) is 0.673. The second-order valence-corrected chi connectivity index (χ2v) is 7.62. The van der Waals surface area contributed by atoms with Gasteiger partial charge in [-0.05, 0) is 22.8 Å². The number of hydrogen-bond acceptors (Lipinski definition) is 4. The molecular weight excluding hydrogens is 378 g/mol. The van der Waals surface area contributed by atoms with Crippen LogP contribution >= 0.6 is 12.4 Å². The van der Waals surface area contributed by atoms with Crippen molar-refractivity contribution in [2.24, 2.45) is 5.14 Å². The van der Waals surface area contributed by atoms with E-state index in [0.29, 0.717) is 12.4 Å². The maximum Gasteiger partial charge on any atom is 0.323 e. The molecule has 2 amide bonds. The van der Waals surface area contributed by atoms with Crippen molar-refractivity contribution >= 4 is 34.5 Å². The molecule has 0 spiro atoms. The first-order chi connectivity index (χ1) is 11.8. The number of hydrogen-bond donors (Lipinski definition) is 2. The highest BCUT2D eigenvalue weighted by Crippen LogP contribution is 2.31. The maximum atomic E-state index is 11.7. The zero-order chi connectivity index (χ0) is 18.2. The Balaban J connectivity index is 0.00000243. The van der Waals surface area contributed by atoms with Gasteiger partial charge >= 0.3 is 6.03 Å². The van der Waals surface area contributed by atoms with Gasteiger partial charge in [-0.2, -0.15) is 12.7 Å². The van der Waals surface area contributed by atoms with E-state index in [1.165, 1.54) is 7.05 Å². The van der Waals surface area contributed by atoms with E-state index in [0.717, 1.165) is 26.6 Å². The normalized spacial score (nSPS) is 13.8. The summed E-state index contributed by atoms with van der Waals surface area (Å²) in [5.74, 6) is 0.568. The van der Waals surface area contributed by atoms with Crippen molar-refractivity contribution in [3.05, 3.63) is 47.7 Å². The lowest BCUT2D eigenvalue weighted by molar-refractivity contribution is 0.218. The molecule has 0 aliphatic carbocycles. The summed E-state index contributed by atoms with van der Waals surface area (Å²) >= 11 is 0. The molecular formula is C16H20ClN5O3S. The smallest absolute Gasteiger partial charge is 0.323 e. The van der Waals surface area contributed by atoms with Crippen molar-refractivity contribution in [1.29, 1.82) is 0 Å². The summed E-state index contributed by atoms with van der Waals surface area (Å²) in [6, 6.07) is 9.26. The first-order valence-corrected chi connectivity index (χ1v) is 9.09. The molecule has 1 aromatic carbocycles. The number of nitrogens with two attached hydrogens (primary N) is 1. The quantitative estimate of drug-likeness (QED) is 0.819. The Bertz CT molecular complexity index is 918. The van der Waals surface area contributed by atoms with E-state index in [2.05, 4.69) is 10.3 Å². The maximum absolute atomic E-state index is 11.7. The number of anilines is 1. The van der Waals surface area contributed by atoms with Crippen LogP contribution < -0.4 is 10.5 Å². The zero-order valence-corrected chi connectivity index (χ0v) is 16.0. The van der Waals surface area contributed by atoms with Crippen LogP contribution in [0.4, 0.5) is 10.6 Å². The SMILES string of the molecule is CN1Cc2c(-c3ccc(CN(C)S(N)(=O)=O)cc3)ccnc2NC1=O.Cl. The van der Waals surface area contributed by atoms with Gasteiger partial charge in [-0.1, -0.05) is 24.3 Å². The van der Waals surface area contributed by atoms with Crippen LogP contribution in [0.3, 0.4) is 0 Å². The minimum absolute atomic E-state index is 0. The second kappa shape index (κ2) is 7.58. The Morgan fingerprint density at radius 1 is 1.27 bits per heavy atom. The van der Waals surface area contributed by atoms with Crippen molar-refractivity contribution in [2.45, 2.75) is 13.1 Å². The molecule has 0 saturated carbocycles. The largest absolute Gasteiger partial charge is 0.323 e. The van der Waals surface area contributed by atoms with Crippen molar-refractivity contribution in [3.8, 4) is 11.1 Å². The van der Waals surface area contributed by atoms with Crippen LogP contribution in [0.1, 0.15) is 11.1 Å². The number of rotatable bonds is 4. The molecule has 10 heteroatoms. The monoisotopic (exact) mass is 397 g/mol. The van der Waals surface area contributed by atoms with E-state index in [-0.39, 0.29) is 25.0 Å². The highest BCUT2D eigenvalue weighted by Gasteiger charge is 2.23. The molecule has 2 aromatic rings. The topological polar surface area (TPSA) is 109 Å². The lowest BCUT2D eigenvalue weighted by Gasteiger charge is -2.27. The van der Waals surface area contributed by atoms with Crippen LogP contribution in [0.2, 0.25) is 0 Å². The Kier molecular flexibility index (Phi) is 5.87. The van der Waals surface area contributed by atoms with Gasteiger partial charge in [-0.25, -0.2) is 14.9 Å². The van der Waals surface area contributed by atoms with Crippen molar-refractivity contribution in [3.63, 3.8) is 0 Å². The molecule has 0 bridgehead atoms. The van der Waals surface area contributed by atoms with Crippen LogP contribution in [0.15, 0.2) is 36.5 Å². The van der Waals surface area contributed by atoms with E-state index in [9.17, 15) is 13.2 Å². The van der Waals surface area contributed by atoms with Crippen LogP contribution in [0, 0.1) is 0 Å². The molecule has 140 valence electrons. The van der Waals surface area contributed by atoms with Gasteiger partial charge in [0.1, 0.15) is 5.82 Å². The number of nitrogens with one attached hydrogen (secondary N) is 1. The number of fused-ring (bicyclic) bond motifs is 1. The number of carbonyl (C=O) groups excluding carboxylic acids is 1. The molecule has 2 heterocycles. The number of amides is 2. The molecule has 3 rings (SSSR count). The summed E-state index contributed by atoms with van der Waals surface area (Å²) in [5, 5.41) is 7.86. The van der Waals surface area contributed by atoms with Crippen LogP contribution in [0.25, 0.3) is 11.1 Å². The Hall–Kier alpha value is -2.20. The van der Waals surface area contributed by atoms with E-state index < -0.39 is 10.2 Å². The number of pyridine rings is 1. The van der Waals surface area contributed by atoms with Gasteiger partial charge in [0, 0.05) is 32.4 Å². The summed E-state index contributed by atoms with van der Waals surface area (Å²) in [6.07, 6.45) is 1.66. The molecule has 1 aliphatic heterocycles. The van der Waals surface area contributed by atoms with Crippen molar-refractivity contribution in [2.75, 3.05) is 19.4 Å². The zero-order valence-electron chi connectivity index (χ0n) is 14.3. The number of nitrogens with zero attached hydrogens (tertiary/aromatic N) is 3. The standard InChI is InChI=1S/C16H19N5O3S.ClH/c1-20-10-14-13(7-8-18-15(14)19-16(20)22)12-5-3-11(4-6-12)9-21(2)25(17,23)24;/h3-8H,9-10H2,1-2H3,(H2,17,23,24)(H,18,19,22);1H. The fourth-order valence-corrected chi connectivity index (χ4v) is 3.00. The number of halogens is 1. The number of urea groups is 1. The first kappa shape index (κ1) is 20.1. The Morgan fingerprint density at radius 2 is 1.92 bits per heavy atom. The van der Waals surface area contributed by atoms with Crippen LogP contribution in [-0.2, 0) is 23.3 Å². The number of carbonyl (C=O) groups is 1. The van der Waals surface area contributed by atoms with E-state index in [1.807, 2.05) is 30.3 Å². The third-order valence-corrected chi connectivity index (χ3v) is 5.13. The molecule has 3 N–H and O–H groups in total. The molecule has 8 nitrogen and oxygen atoms in total. The lowest BCUT2D eigenvalue weighted by Crippen LogP contribution is -2.36. The second-order valence-electron chi connectivity index (χ2n) is 5.97. The molecule has 0 atom stereocenters. The summed E-state index contributed by atoms with van der Waals surface area (Å²) in [7, 11) is -0.552. The molecule has 26 heavy (non-hydrogen) atoms. The van der Waals surface area contributed by atoms with Gasteiger partial charge in [-0.3, -0.25) is 5.32 Å². The minimum Gasteiger partial charge on any atom is -0.323 e. The van der Waals surface area contributed by atoms with Gasteiger partial charge in [0.15, 0.2) is 0 Å². The van der Waals surface area contributed by atoms with Crippen LogP contribution in [0.5, 0.6) is 0 Å². The number of benzene rings is 1. The number of aromatic nitrogens is 1. The third kappa shape index (κ3) is 4.13. The first-order valence-electron chi connectivity index (χ1n) is 7.59. The van der Waals surface area contributed by atoms with Gasteiger partial charge in [0.2, 0.25) is 0 Å². The van der Waals surface area contributed by atoms with E-state index >= 15 is 0 Å². The van der Waals surface area contributed by atoms with Gasteiger partial charge in [0.25, 0.3) is 10.2 Å². The van der Waals surface area contributed by atoms with Crippen molar-refractivity contribution < 1.29 is 13.2 Å². The van der Waals surface area contributed by atoms with E-state index in [1.54, 1.807) is 18.1 Å². The Morgan fingerprint density at radius 3 is 2.54 bits per heavy atom. The summed E-state index contributed by atoms with van der Waals surface area (Å²) < 4.78 is 23.7. The van der Waals surface area contributed by atoms with E-state index in [4.69, 9.17) is 5.14 Å². The van der Waals surface area contributed by atoms with Crippen molar-refractivity contribution in [1.82, 2.24) is 14.2 Å².